The molecule has 1 fully saturated rings. The number of amides is 1. The van der Waals surface area contributed by atoms with Gasteiger partial charge >= 0.3 is 0 Å². The van der Waals surface area contributed by atoms with Crippen LogP contribution in [0.4, 0.5) is 5.13 Å². The summed E-state index contributed by atoms with van der Waals surface area (Å²) in [5.41, 5.74) is 0.853. The highest BCUT2D eigenvalue weighted by Crippen LogP contribution is 2.28. The van der Waals surface area contributed by atoms with E-state index in [-0.39, 0.29) is 5.91 Å². The van der Waals surface area contributed by atoms with Gasteiger partial charge in [0.15, 0.2) is 4.34 Å². The SMILES string of the molecule is O=C(CSc1nnc(NC2CCCCC2)s1)NCc1ccccn1. The molecule has 1 aliphatic carbocycles. The standard InChI is InChI=1S/C16H21N5OS2/c22-14(18-10-13-8-4-5-9-17-13)11-23-16-21-20-15(24-16)19-12-6-2-1-3-7-12/h4-5,8-9,12H,1-3,6-7,10-11H2,(H,18,22)(H,19,20). The lowest BCUT2D eigenvalue weighted by Crippen LogP contribution is -2.24. The topological polar surface area (TPSA) is 79.8 Å². The first-order chi connectivity index (χ1) is 11.8. The van der Waals surface area contributed by atoms with Crippen LogP contribution in [0, 0.1) is 0 Å². The highest BCUT2D eigenvalue weighted by atomic mass is 32.2. The summed E-state index contributed by atoms with van der Waals surface area (Å²) < 4.78 is 0.821. The molecule has 0 radical (unpaired) electrons. The molecule has 24 heavy (non-hydrogen) atoms. The van der Waals surface area contributed by atoms with Gasteiger partial charge in [-0.15, -0.1) is 10.2 Å². The number of thioether (sulfide) groups is 1. The highest BCUT2D eigenvalue weighted by molar-refractivity contribution is 8.01. The van der Waals surface area contributed by atoms with Gasteiger partial charge < -0.3 is 10.6 Å². The third-order valence-electron chi connectivity index (χ3n) is 3.86. The second kappa shape index (κ2) is 8.98. The third-order valence-corrected chi connectivity index (χ3v) is 5.85. The summed E-state index contributed by atoms with van der Waals surface area (Å²) in [4.78, 5) is 16.1. The van der Waals surface area contributed by atoms with E-state index in [9.17, 15) is 4.79 Å². The molecule has 0 aromatic carbocycles. The van der Waals surface area contributed by atoms with Gasteiger partial charge in [0, 0.05) is 12.2 Å². The van der Waals surface area contributed by atoms with E-state index in [4.69, 9.17) is 0 Å². The quantitative estimate of drug-likeness (QED) is 0.736. The van der Waals surface area contributed by atoms with Gasteiger partial charge in [-0.1, -0.05) is 48.4 Å². The molecule has 0 aliphatic heterocycles. The number of rotatable bonds is 7. The summed E-state index contributed by atoms with van der Waals surface area (Å²) in [7, 11) is 0. The van der Waals surface area contributed by atoms with Gasteiger partial charge in [-0.05, 0) is 25.0 Å². The van der Waals surface area contributed by atoms with E-state index in [2.05, 4.69) is 25.8 Å². The largest absolute Gasteiger partial charge is 0.357 e. The first-order valence-electron chi connectivity index (χ1n) is 8.19. The normalized spacial score (nSPS) is 15.2. The Kier molecular flexibility index (Phi) is 6.42. The Balaban J connectivity index is 1.39. The van der Waals surface area contributed by atoms with Crippen molar-refractivity contribution in [1.29, 1.82) is 0 Å². The average molecular weight is 364 g/mol. The van der Waals surface area contributed by atoms with Crippen molar-refractivity contribution in [2.75, 3.05) is 11.1 Å². The van der Waals surface area contributed by atoms with Gasteiger partial charge in [-0.3, -0.25) is 9.78 Å². The average Bonchev–Trinajstić information content (AvgIpc) is 3.07. The number of aromatic nitrogens is 3. The van der Waals surface area contributed by atoms with Crippen LogP contribution in [0.1, 0.15) is 37.8 Å². The Morgan fingerprint density at radius 1 is 1.25 bits per heavy atom. The predicted molar refractivity (Wildman–Crippen MR) is 97.2 cm³/mol. The first kappa shape index (κ1) is 17.2. The van der Waals surface area contributed by atoms with Gasteiger partial charge in [0.25, 0.3) is 0 Å². The van der Waals surface area contributed by atoms with Crippen LogP contribution in [0.25, 0.3) is 0 Å². The predicted octanol–water partition coefficient (Wildman–Crippen LogP) is 3.09. The van der Waals surface area contributed by atoms with Gasteiger partial charge in [0.05, 0.1) is 18.0 Å². The van der Waals surface area contributed by atoms with Crippen molar-refractivity contribution in [3.05, 3.63) is 30.1 Å². The van der Waals surface area contributed by atoms with Crippen LogP contribution >= 0.6 is 23.1 Å². The second-order valence-corrected chi connectivity index (χ2v) is 7.94. The molecule has 1 aliphatic rings. The molecule has 2 aromatic rings. The van der Waals surface area contributed by atoms with Crippen LogP contribution in [-0.4, -0.2) is 32.9 Å². The third kappa shape index (κ3) is 5.45. The molecule has 0 spiro atoms. The lowest BCUT2D eigenvalue weighted by atomic mass is 9.96. The molecule has 0 unspecified atom stereocenters. The zero-order chi connectivity index (χ0) is 16.6. The molecule has 8 heteroatoms. The van der Waals surface area contributed by atoms with E-state index in [1.807, 2.05) is 18.2 Å². The van der Waals surface area contributed by atoms with Crippen molar-refractivity contribution in [3.63, 3.8) is 0 Å². The van der Waals surface area contributed by atoms with Gasteiger partial charge in [-0.2, -0.15) is 0 Å². The van der Waals surface area contributed by atoms with Gasteiger partial charge in [-0.25, -0.2) is 0 Å². The molecule has 0 atom stereocenters. The maximum atomic E-state index is 11.9. The Labute approximate surface area is 149 Å². The van der Waals surface area contributed by atoms with Crippen molar-refractivity contribution in [2.45, 2.75) is 49.0 Å². The summed E-state index contributed by atoms with van der Waals surface area (Å²) in [5, 5.41) is 15.5. The second-order valence-electron chi connectivity index (χ2n) is 5.74. The van der Waals surface area contributed by atoms with Crippen LogP contribution in [0.3, 0.4) is 0 Å². The van der Waals surface area contributed by atoms with Gasteiger partial charge in [0.2, 0.25) is 11.0 Å². The molecule has 2 aromatic heterocycles. The minimum atomic E-state index is -0.0253. The van der Waals surface area contributed by atoms with Crippen LogP contribution in [0.15, 0.2) is 28.7 Å². The number of nitrogens with zero attached hydrogens (tertiary/aromatic N) is 3. The summed E-state index contributed by atoms with van der Waals surface area (Å²) >= 11 is 2.94. The number of nitrogens with one attached hydrogen (secondary N) is 2. The monoisotopic (exact) mass is 363 g/mol. The first-order valence-corrected chi connectivity index (χ1v) is 9.99. The molecule has 0 saturated heterocycles. The molecule has 1 amide bonds. The molecular weight excluding hydrogens is 342 g/mol. The minimum absolute atomic E-state index is 0.0253. The van der Waals surface area contributed by atoms with E-state index in [0.29, 0.717) is 18.3 Å². The molecular formula is C16H21N5OS2. The Morgan fingerprint density at radius 2 is 2.12 bits per heavy atom. The van der Waals surface area contributed by atoms with Crippen LogP contribution < -0.4 is 10.6 Å². The number of hydrogen-bond donors (Lipinski definition) is 2. The fraction of sp³-hybridized carbons (Fsp3) is 0.500. The lowest BCUT2D eigenvalue weighted by molar-refractivity contribution is -0.118. The Hall–Kier alpha value is -1.67. The molecule has 2 N–H and O–H groups in total. The molecule has 6 nitrogen and oxygen atoms in total. The van der Waals surface area contributed by atoms with E-state index in [0.717, 1.165) is 15.2 Å². The Morgan fingerprint density at radius 3 is 2.92 bits per heavy atom. The lowest BCUT2D eigenvalue weighted by Gasteiger charge is -2.21. The fourth-order valence-electron chi connectivity index (χ4n) is 2.62. The minimum Gasteiger partial charge on any atom is -0.357 e. The molecule has 2 heterocycles. The number of anilines is 1. The van der Waals surface area contributed by atoms with Crippen molar-refractivity contribution in [2.24, 2.45) is 0 Å². The molecule has 128 valence electrons. The smallest absolute Gasteiger partial charge is 0.230 e. The van der Waals surface area contributed by atoms with E-state index >= 15 is 0 Å². The summed E-state index contributed by atoms with van der Waals surface area (Å²) in [6.45, 7) is 0.449. The van der Waals surface area contributed by atoms with Gasteiger partial charge in [0.1, 0.15) is 0 Å². The number of carbonyl (C=O) groups is 1. The van der Waals surface area contributed by atoms with E-state index < -0.39 is 0 Å². The molecule has 3 rings (SSSR count). The van der Waals surface area contributed by atoms with E-state index in [1.54, 1.807) is 6.20 Å². The van der Waals surface area contributed by atoms with E-state index in [1.165, 1.54) is 55.2 Å². The zero-order valence-electron chi connectivity index (χ0n) is 13.4. The van der Waals surface area contributed by atoms with Crippen molar-refractivity contribution in [1.82, 2.24) is 20.5 Å². The van der Waals surface area contributed by atoms with Crippen LogP contribution in [-0.2, 0) is 11.3 Å². The Bertz CT molecular complexity index is 643. The fourth-order valence-corrected chi connectivity index (χ4v) is 4.28. The zero-order valence-corrected chi connectivity index (χ0v) is 15.0. The molecule has 0 bridgehead atoms. The van der Waals surface area contributed by atoms with Crippen molar-refractivity contribution in [3.8, 4) is 0 Å². The number of pyridine rings is 1. The summed E-state index contributed by atoms with van der Waals surface area (Å²) in [6, 6.07) is 6.17. The summed E-state index contributed by atoms with van der Waals surface area (Å²) in [6.07, 6.45) is 8.04. The molecule has 1 saturated carbocycles. The highest BCUT2D eigenvalue weighted by Gasteiger charge is 2.15. The van der Waals surface area contributed by atoms with Crippen LogP contribution in [0.5, 0.6) is 0 Å². The number of hydrogen-bond acceptors (Lipinski definition) is 7. The van der Waals surface area contributed by atoms with Crippen LogP contribution in [0.2, 0.25) is 0 Å². The maximum Gasteiger partial charge on any atom is 0.230 e. The number of carbonyl (C=O) groups excluding carboxylic acids is 1. The van der Waals surface area contributed by atoms with Crippen molar-refractivity contribution >= 4 is 34.1 Å². The summed E-state index contributed by atoms with van der Waals surface area (Å²) in [5.74, 6) is 0.313. The van der Waals surface area contributed by atoms with Crippen molar-refractivity contribution < 1.29 is 4.79 Å². The maximum absolute atomic E-state index is 11.9.